The Morgan fingerprint density at radius 3 is 2.33 bits per heavy atom. The summed E-state index contributed by atoms with van der Waals surface area (Å²) in [5, 5.41) is 3.56. The highest BCUT2D eigenvalue weighted by Crippen LogP contribution is 2.35. The first-order chi connectivity index (χ1) is 9.99. The number of rotatable bonds is 5. The van der Waals surface area contributed by atoms with Crippen LogP contribution in [0.3, 0.4) is 0 Å². The molecule has 1 aliphatic rings. The van der Waals surface area contributed by atoms with Crippen molar-refractivity contribution in [3.05, 3.63) is 35.4 Å². The van der Waals surface area contributed by atoms with Crippen molar-refractivity contribution in [1.29, 1.82) is 0 Å². The first-order valence-electron chi connectivity index (χ1n) is 8.16. The van der Waals surface area contributed by atoms with Gasteiger partial charge < -0.3 is 5.32 Å². The lowest BCUT2D eigenvalue weighted by atomic mass is 9.72. The molecule has 21 heavy (non-hydrogen) atoms. The van der Waals surface area contributed by atoms with E-state index in [4.69, 9.17) is 0 Å². The Balaban J connectivity index is 2.09. The normalized spacial score (nSPS) is 27.6. The van der Waals surface area contributed by atoms with Crippen molar-refractivity contribution in [3.63, 3.8) is 0 Å². The Labute approximate surface area is 127 Å². The van der Waals surface area contributed by atoms with Crippen molar-refractivity contribution >= 4 is 0 Å². The maximum absolute atomic E-state index is 13.4. The molecule has 0 saturated heterocycles. The molecule has 1 nitrogen and oxygen atoms in total. The monoisotopic (exact) mass is 295 g/mol. The molecule has 1 fully saturated rings. The zero-order valence-corrected chi connectivity index (χ0v) is 13.3. The van der Waals surface area contributed by atoms with Gasteiger partial charge in [-0.1, -0.05) is 26.8 Å². The van der Waals surface area contributed by atoms with Crippen LogP contribution in [0.4, 0.5) is 8.78 Å². The fraction of sp³-hybridized carbons (Fsp3) is 0.667. The van der Waals surface area contributed by atoms with Gasteiger partial charge >= 0.3 is 0 Å². The van der Waals surface area contributed by atoms with Gasteiger partial charge in [0.2, 0.25) is 0 Å². The number of hydrogen-bond donors (Lipinski definition) is 1. The molecule has 0 bridgehead atoms. The Morgan fingerprint density at radius 1 is 1.10 bits per heavy atom. The summed E-state index contributed by atoms with van der Waals surface area (Å²) in [6, 6.07) is 4.64. The molecule has 0 aromatic heterocycles. The predicted octanol–water partition coefficient (Wildman–Crippen LogP) is 4.56. The van der Waals surface area contributed by atoms with Gasteiger partial charge in [0.25, 0.3) is 0 Å². The van der Waals surface area contributed by atoms with E-state index in [2.05, 4.69) is 26.1 Å². The number of likely N-dealkylation sites (N-methyl/N-ethyl adjacent to an activating group) is 1. The molecular formula is C18H27F2N. The second-order valence-corrected chi connectivity index (χ2v) is 6.79. The largest absolute Gasteiger partial charge is 0.314 e. The molecule has 0 spiro atoms. The van der Waals surface area contributed by atoms with Gasteiger partial charge in [-0.25, -0.2) is 8.78 Å². The quantitative estimate of drug-likeness (QED) is 0.840. The molecule has 3 heteroatoms. The first-order valence-corrected chi connectivity index (χ1v) is 8.16. The summed E-state index contributed by atoms with van der Waals surface area (Å²) in [5.41, 5.74) is 0.880. The van der Waals surface area contributed by atoms with Gasteiger partial charge in [-0.05, 0) is 67.7 Å². The molecule has 0 heterocycles. The third-order valence-corrected chi connectivity index (χ3v) is 4.69. The molecule has 0 radical (unpaired) electrons. The Hall–Kier alpha value is -0.960. The molecule has 1 N–H and O–H groups in total. The minimum absolute atomic E-state index is 0.352. The van der Waals surface area contributed by atoms with Crippen LogP contribution in [-0.4, -0.2) is 12.6 Å². The van der Waals surface area contributed by atoms with Crippen LogP contribution in [0, 0.1) is 29.4 Å². The first kappa shape index (κ1) is 16.4. The van der Waals surface area contributed by atoms with Crippen LogP contribution >= 0.6 is 0 Å². The van der Waals surface area contributed by atoms with Crippen molar-refractivity contribution in [2.24, 2.45) is 17.8 Å². The van der Waals surface area contributed by atoms with Gasteiger partial charge in [-0.2, -0.15) is 0 Å². The molecule has 1 aromatic rings. The summed E-state index contributed by atoms with van der Waals surface area (Å²) in [7, 11) is 0. The topological polar surface area (TPSA) is 12.0 Å². The predicted molar refractivity (Wildman–Crippen MR) is 83.2 cm³/mol. The average molecular weight is 295 g/mol. The van der Waals surface area contributed by atoms with E-state index in [-0.39, 0.29) is 0 Å². The number of nitrogens with one attached hydrogen (secondary N) is 1. The summed E-state index contributed by atoms with van der Waals surface area (Å²) >= 11 is 0. The number of halogens is 2. The minimum Gasteiger partial charge on any atom is -0.314 e. The fourth-order valence-electron chi connectivity index (χ4n) is 3.93. The fourth-order valence-corrected chi connectivity index (χ4v) is 3.93. The second-order valence-electron chi connectivity index (χ2n) is 6.79. The zero-order valence-electron chi connectivity index (χ0n) is 13.3. The second kappa shape index (κ2) is 7.35. The van der Waals surface area contributed by atoms with Crippen LogP contribution in [0.1, 0.15) is 45.6 Å². The maximum atomic E-state index is 13.4. The summed E-state index contributed by atoms with van der Waals surface area (Å²) in [6.07, 6.45) is 4.53. The van der Waals surface area contributed by atoms with E-state index >= 15 is 0 Å². The van der Waals surface area contributed by atoms with E-state index in [9.17, 15) is 8.78 Å². The van der Waals surface area contributed by atoms with Gasteiger partial charge in [0.15, 0.2) is 11.6 Å². The van der Waals surface area contributed by atoms with Gasteiger partial charge in [-0.15, -0.1) is 0 Å². The molecule has 1 aliphatic carbocycles. The van der Waals surface area contributed by atoms with Crippen molar-refractivity contribution in [2.75, 3.05) is 6.54 Å². The van der Waals surface area contributed by atoms with Crippen LogP contribution in [0.25, 0.3) is 0 Å². The standard InChI is InChI=1S/C18H27F2N/c1-4-21-18(15-8-12(2)7-13(3)9-15)11-14-5-6-16(19)17(20)10-14/h5-6,10,12-13,15,18,21H,4,7-9,11H2,1-3H3. The van der Waals surface area contributed by atoms with Crippen molar-refractivity contribution in [2.45, 2.75) is 52.5 Å². The van der Waals surface area contributed by atoms with Crippen LogP contribution in [-0.2, 0) is 6.42 Å². The molecule has 3 unspecified atom stereocenters. The SMILES string of the molecule is CCNC(Cc1ccc(F)c(F)c1)C1CC(C)CC(C)C1. The lowest BCUT2D eigenvalue weighted by Crippen LogP contribution is -2.41. The Morgan fingerprint density at radius 2 is 1.76 bits per heavy atom. The average Bonchev–Trinajstić information content (AvgIpc) is 2.41. The van der Waals surface area contributed by atoms with E-state index in [0.717, 1.165) is 30.4 Å². The Kier molecular flexibility index (Phi) is 5.74. The zero-order chi connectivity index (χ0) is 15.4. The lowest BCUT2D eigenvalue weighted by molar-refractivity contribution is 0.176. The summed E-state index contributed by atoms with van der Waals surface area (Å²) < 4.78 is 26.4. The van der Waals surface area contributed by atoms with Crippen LogP contribution < -0.4 is 5.32 Å². The van der Waals surface area contributed by atoms with Crippen molar-refractivity contribution in [3.8, 4) is 0 Å². The summed E-state index contributed by atoms with van der Waals surface area (Å²) in [5.74, 6) is 0.623. The lowest BCUT2D eigenvalue weighted by Gasteiger charge is -2.37. The van der Waals surface area contributed by atoms with E-state index in [0.29, 0.717) is 12.0 Å². The highest BCUT2D eigenvalue weighted by molar-refractivity contribution is 5.19. The smallest absolute Gasteiger partial charge is 0.159 e. The molecular weight excluding hydrogens is 268 g/mol. The van der Waals surface area contributed by atoms with Crippen LogP contribution in [0.15, 0.2) is 18.2 Å². The van der Waals surface area contributed by atoms with E-state index in [1.54, 1.807) is 6.07 Å². The Bertz CT molecular complexity index is 451. The van der Waals surface area contributed by atoms with Crippen LogP contribution in [0.5, 0.6) is 0 Å². The van der Waals surface area contributed by atoms with Crippen molar-refractivity contribution < 1.29 is 8.78 Å². The van der Waals surface area contributed by atoms with E-state index in [1.165, 1.54) is 31.4 Å². The van der Waals surface area contributed by atoms with Crippen LogP contribution in [0.2, 0.25) is 0 Å². The van der Waals surface area contributed by atoms with Gasteiger partial charge in [0, 0.05) is 6.04 Å². The molecule has 0 amide bonds. The molecule has 2 rings (SSSR count). The van der Waals surface area contributed by atoms with Gasteiger partial charge in [0.1, 0.15) is 0 Å². The molecule has 3 atom stereocenters. The summed E-state index contributed by atoms with van der Waals surface area (Å²) in [6.45, 7) is 7.66. The van der Waals surface area contributed by atoms with E-state index < -0.39 is 11.6 Å². The number of hydrogen-bond acceptors (Lipinski definition) is 1. The van der Waals surface area contributed by atoms with E-state index in [1.807, 2.05) is 0 Å². The minimum atomic E-state index is -0.765. The molecule has 118 valence electrons. The molecule has 1 saturated carbocycles. The highest BCUT2D eigenvalue weighted by Gasteiger charge is 2.29. The molecule has 1 aromatic carbocycles. The van der Waals surface area contributed by atoms with Gasteiger partial charge in [-0.3, -0.25) is 0 Å². The molecule has 0 aliphatic heterocycles. The summed E-state index contributed by atoms with van der Waals surface area (Å²) in [4.78, 5) is 0. The highest BCUT2D eigenvalue weighted by atomic mass is 19.2. The third-order valence-electron chi connectivity index (χ3n) is 4.69. The number of benzene rings is 1. The van der Waals surface area contributed by atoms with Crippen molar-refractivity contribution in [1.82, 2.24) is 5.32 Å². The maximum Gasteiger partial charge on any atom is 0.159 e. The third kappa shape index (κ3) is 4.50. The van der Waals surface area contributed by atoms with Gasteiger partial charge in [0.05, 0.1) is 0 Å².